The Morgan fingerprint density at radius 2 is 1.85 bits per heavy atom. The summed E-state index contributed by atoms with van der Waals surface area (Å²) in [6.07, 6.45) is 1.27. The molecule has 78 valence electrons. The number of rotatable bonds is 6. The van der Waals surface area contributed by atoms with Crippen molar-refractivity contribution in [3.8, 4) is 0 Å². The van der Waals surface area contributed by atoms with Crippen LogP contribution < -0.4 is 5.32 Å². The van der Waals surface area contributed by atoms with Gasteiger partial charge in [-0.3, -0.25) is 4.90 Å². The molecule has 1 N–H and O–H groups in total. The van der Waals surface area contributed by atoms with E-state index in [-0.39, 0.29) is 0 Å². The predicted molar refractivity (Wildman–Crippen MR) is 57.1 cm³/mol. The Morgan fingerprint density at radius 3 is 2.23 bits per heavy atom. The zero-order valence-corrected chi connectivity index (χ0v) is 9.21. The van der Waals surface area contributed by atoms with E-state index >= 15 is 0 Å². The summed E-state index contributed by atoms with van der Waals surface area (Å²) in [6, 6.07) is 0.805. The van der Waals surface area contributed by atoms with Crippen LogP contribution in [0.5, 0.6) is 0 Å². The minimum atomic E-state index is 0.805. The van der Waals surface area contributed by atoms with Gasteiger partial charge in [0.1, 0.15) is 0 Å². The van der Waals surface area contributed by atoms with Crippen LogP contribution >= 0.6 is 0 Å². The summed E-state index contributed by atoms with van der Waals surface area (Å²) in [7, 11) is 4.28. The first-order valence-electron chi connectivity index (χ1n) is 5.33. The second-order valence-corrected chi connectivity index (χ2v) is 4.15. The van der Waals surface area contributed by atoms with Gasteiger partial charge in [0.05, 0.1) is 0 Å². The van der Waals surface area contributed by atoms with Crippen LogP contribution in [0.4, 0.5) is 0 Å². The van der Waals surface area contributed by atoms with Crippen molar-refractivity contribution in [1.29, 1.82) is 0 Å². The van der Waals surface area contributed by atoms with Crippen LogP contribution in [-0.2, 0) is 0 Å². The number of likely N-dealkylation sites (N-methyl/N-ethyl adjacent to an activating group) is 1. The van der Waals surface area contributed by atoms with Gasteiger partial charge in [-0.05, 0) is 27.1 Å². The van der Waals surface area contributed by atoms with Gasteiger partial charge in [-0.1, -0.05) is 6.92 Å². The van der Waals surface area contributed by atoms with Crippen LogP contribution in [0.1, 0.15) is 13.3 Å². The van der Waals surface area contributed by atoms with E-state index in [9.17, 15) is 0 Å². The van der Waals surface area contributed by atoms with Crippen molar-refractivity contribution in [1.82, 2.24) is 15.1 Å². The minimum Gasteiger partial charge on any atom is -0.314 e. The highest BCUT2D eigenvalue weighted by Crippen LogP contribution is 2.05. The Morgan fingerprint density at radius 1 is 1.15 bits per heavy atom. The Labute approximate surface area is 82.1 Å². The predicted octanol–water partition coefficient (Wildman–Crippen LogP) is 0.232. The second kappa shape index (κ2) is 5.58. The molecule has 1 saturated heterocycles. The molecule has 0 spiro atoms. The van der Waals surface area contributed by atoms with Gasteiger partial charge >= 0.3 is 0 Å². The summed E-state index contributed by atoms with van der Waals surface area (Å²) in [5.41, 5.74) is 0. The SMILES string of the molecule is CCCN(CCN(C)C)C1CNC1. The maximum absolute atomic E-state index is 3.33. The Kier molecular flexibility index (Phi) is 4.70. The minimum absolute atomic E-state index is 0.805. The molecule has 1 aliphatic heterocycles. The van der Waals surface area contributed by atoms with Crippen LogP contribution in [0.15, 0.2) is 0 Å². The molecule has 0 bridgehead atoms. The molecular formula is C10H23N3. The molecule has 0 radical (unpaired) electrons. The van der Waals surface area contributed by atoms with E-state index in [1.807, 2.05) is 0 Å². The fraction of sp³-hybridized carbons (Fsp3) is 1.00. The van der Waals surface area contributed by atoms with Gasteiger partial charge in [0.25, 0.3) is 0 Å². The van der Waals surface area contributed by atoms with Crippen LogP contribution in [-0.4, -0.2) is 62.7 Å². The molecule has 3 heteroatoms. The first-order valence-corrected chi connectivity index (χ1v) is 5.33. The average molecular weight is 185 g/mol. The summed E-state index contributed by atoms with van der Waals surface area (Å²) < 4.78 is 0. The van der Waals surface area contributed by atoms with Gasteiger partial charge in [-0.2, -0.15) is 0 Å². The summed E-state index contributed by atoms with van der Waals surface area (Å²) in [5.74, 6) is 0. The standard InChI is InChI=1S/C10H23N3/c1-4-5-13(7-6-12(2)3)10-8-11-9-10/h10-11H,4-9H2,1-3H3. The lowest BCUT2D eigenvalue weighted by Gasteiger charge is -2.38. The fourth-order valence-electron chi connectivity index (χ4n) is 1.62. The number of nitrogens with zero attached hydrogens (tertiary/aromatic N) is 2. The van der Waals surface area contributed by atoms with E-state index in [4.69, 9.17) is 0 Å². The van der Waals surface area contributed by atoms with Crippen LogP contribution in [0.2, 0.25) is 0 Å². The number of nitrogens with one attached hydrogen (secondary N) is 1. The van der Waals surface area contributed by atoms with E-state index in [0.717, 1.165) is 6.04 Å². The molecule has 0 aromatic rings. The molecule has 0 amide bonds. The molecular weight excluding hydrogens is 162 g/mol. The monoisotopic (exact) mass is 185 g/mol. The number of hydrogen-bond acceptors (Lipinski definition) is 3. The molecule has 3 nitrogen and oxygen atoms in total. The summed E-state index contributed by atoms with van der Waals surface area (Å²) in [5, 5.41) is 3.33. The average Bonchev–Trinajstić information content (AvgIpc) is 1.97. The van der Waals surface area contributed by atoms with Crippen LogP contribution in [0.3, 0.4) is 0 Å². The zero-order chi connectivity index (χ0) is 9.68. The van der Waals surface area contributed by atoms with Crippen molar-refractivity contribution in [2.24, 2.45) is 0 Å². The molecule has 1 rings (SSSR count). The lowest BCUT2D eigenvalue weighted by molar-refractivity contribution is 0.134. The smallest absolute Gasteiger partial charge is 0.0345 e. The van der Waals surface area contributed by atoms with Crippen molar-refractivity contribution in [2.45, 2.75) is 19.4 Å². The molecule has 0 aliphatic carbocycles. The third kappa shape index (κ3) is 3.63. The van der Waals surface area contributed by atoms with Crippen molar-refractivity contribution in [3.63, 3.8) is 0 Å². The maximum Gasteiger partial charge on any atom is 0.0345 e. The quantitative estimate of drug-likeness (QED) is 0.639. The molecule has 1 heterocycles. The van der Waals surface area contributed by atoms with Crippen LogP contribution in [0.25, 0.3) is 0 Å². The Balaban J connectivity index is 2.20. The summed E-state index contributed by atoms with van der Waals surface area (Å²) >= 11 is 0. The third-order valence-electron chi connectivity index (χ3n) is 2.62. The van der Waals surface area contributed by atoms with Crippen LogP contribution in [0, 0.1) is 0 Å². The largest absolute Gasteiger partial charge is 0.314 e. The van der Waals surface area contributed by atoms with Crippen molar-refractivity contribution in [2.75, 3.05) is 46.8 Å². The van der Waals surface area contributed by atoms with Gasteiger partial charge in [-0.25, -0.2) is 0 Å². The van der Waals surface area contributed by atoms with E-state index in [1.165, 1.54) is 39.1 Å². The lowest BCUT2D eigenvalue weighted by Crippen LogP contribution is -2.58. The van der Waals surface area contributed by atoms with Gasteiger partial charge in [0.15, 0.2) is 0 Å². The van der Waals surface area contributed by atoms with Gasteiger partial charge in [-0.15, -0.1) is 0 Å². The zero-order valence-electron chi connectivity index (χ0n) is 9.21. The topological polar surface area (TPSA) is 18.5 Å². The van der Waals surface area contributed by atoms with Gasteiger partial charge < -0.3 is 10.2 Å². The molecule has 1 aliphatic rings. The van der Waals surface area contributed by atoms with E-state index in [2.05, 4.69) is 36.1 Å². The molecule has 0 saturated carbocycles. The second-order valence-electron chi connectivity index (χ2n) is 4.15. The molecule has 0 aromatic carbocycles. The number of hydrogen-bond donors (Lipinski definition) is 1. The van der Waals surface area contributed by atoms with E-state index < -0.39 is 0 Å². The highest BCUT2D eigenvalue weighted by atomic mass is 15.2. The molecule has 13 heavy (non-hydrogen) atoms. The first kappa shape index (κ1) is 11.0. The molecule has 0 aromatic heterocycles. The maximum atomic E-state index is 3.33. The fourth-order valence-corrected chi connectivity index (χ4v) is 1.62. The highest BCUT2D eigenvalue weighted by molar-refractivity contribution is 4.84. The molecule has 0 unspecified atom stereocenters. The van der Waals surface area contributed by atoms with E-state index in [1.54, 1.807) is 0 Å². The molecule has 1 fully saturated rings. The van der Waals surface area contributed by atoms with Crippen molar-refractivity contribution >= 4 is 0 Å². The Bertz CT molecular complexity index is 132. The van der Waals surface area contributed by atoms with Crippen molar-refractivity contribution in [3.05, 3.63) is 0 Å². The Hall–Kier alpha value is -0.120. The summed E-state index contributed by atoms with van der Waals surface area (Å²) in [4.78, 5) is 4.87. The van der Waals surface area contributed by atoms with Crippen molar-refractivity contribution < 1.29 is 0 Å². The van der Waals surface area contributed by atoms with Gasteiger partial charge in [0.2, 0.25) is 0 Å². The first-order chi connectivity index (χ1) is 6.24. The third-order valence-corrected chi connectivity index (χ3v) is 2.62. The summed E-state index contributed by atoms with van der Waals surface area (Å²) in [6.45, 7) is 8.28. The lowest BCUT2D eigenvalue weighted by atomic mass is 10.1. The normalized spacial score (nSPS) is 18.2. The van der Waals surface area contributed by atoms with Gasteiger partial charge in [0, 0.05) is 32.2 Å². The highest BCUT2D eigenvalue weighted by Gasteiger charge is 2.23. The van der Waals surface area contributed by atoms with E-state index in [0.29, 0.717) is 0 Å². The molecule has 0 atom stereocenters.